The third-order valence-electron chi connectivity index (χ3n) is 3.04. The standard InChI is InChI=1S/C15H20F2N2O3/c1-5-22-15(21)9(2)18-14(20)13(19(3)4)12-10(16)7-6-8-11(12)17/h6-9,13H,5H2,1-4H3,(H,18,20)/t9-,13-/m0/s1. The second-order valence-corrected chi connectivity index (χ2v) is 4.98. The van der Waals surface area contributed by atoms with E-state index in [4.69, 9.17) is 4.74 Å². The van der Waals surface area contributed by atoms with Crippen LogP contribution < -0.4 is 5.32 Å². The van der Waals surface area contributed by atoms with Gasteiger partial charge in [0.25, 0.3) is 0 Å². The molecule has 0 aliphatic rings. The summed E-state index contributed by atoms with van der Waals surface area (Å²) >= 11 is 0. The first-order chi connectivity index (χ1) is 10.3. The maximum atomic E-state index is 13.9. The average molecular weight is 314 g/mol. The van der Waals surface area contributed by atoms with Crippen LogP contribution in [0.5, 0.6) is 0 Å². The number of rotatable bonds is 6. The highest BCUT2D eigenvalue weighted by Crippen LogP contribution is 2.24. The molecule has 0 radical (unpaired) electrons. The molecule has 1 rings (SSSR count). The van der Waals surface area contributed by atoms with Crippen LogP contribution in [0.2, 0.25) is 0 Å². The molecule has 0 spiro atoms. The van der Waals surface area contributed by atoms with E-state index in [1.165, 1.54) is 32.0 Å². The highest BCUT2D eigenvalue weighted by Gasteiger charge is 2.30. The quantitative estimate of drug-likeness (QED) is 0.811. The van der Waals surface area contributed by atoms with Crippen LogP contribution in [0.25, 0.3) is 0 Å². The van der Waals surface area contributed by atoms with Crippen molar-refractivity contribution >= 4 is 11.9 Å². The lowest BCUT2D eigenvalue weighted by Gasteiger charge is -2.25. The summed E-state index contributed by atoms with van der Waals surface area (Å²) in [7, 11) is 3.04. The molecule has 122 valence electrons. The van der Waals surface area contributed by atoms with Gasteiger partial charge >= 0.3 is 5.97 Å². The van der Waals surface area contributed by atoms with Crippen molar-refractivity contribution in [1.29, 1.82) is 0 Å². The van der Waals surface area contributed by atoms with Crippen molar-refractivity contribution in [2.75, 3.05) is 20.7 Å². The summed E-state index contributed by atoms with van der Waals surface area (Å²) < 4.78 is 32.6. The minimum atomic E-state index is -1.20. The third-order valence-corrected chi connectivity index (χ3v) is 3.04. The Morgan fingerprint density at radius 1 is 1.27 bits per heavy atom. The number of nitrogens with zero attached hydrogens (tertiary/aromatic N) is 1. The van der Waals surface area contributed by atoms with Gasteiger partial charge in [-0.05, 0) is 40.1 Å². The van der Waals surface area contributed by atoms with E-state index in [0.29, 0.717) is 0 Å². The number of nitrogens with one attached hydrogen (secondary N) is 1. The van der Waals surface area contributed by atoms with E-state index >= 15 is 0 Å². The van der Waals surface area contributed by atoms with Gasteiger partial charge in [-0.2, -0.15) is 0 Å². The zero-order valence-electron chi connectivity index (χ0n) is 13.0. The Bertz CT molecular complexity index is 529. The Balaban J connectivity index is 3.02. The predicted octanol–water partition coefficient (Wildman–Crippen LogP) is 1.64. The summed E-state index contributed by atoms with van der Waals surface area (Å²) in [5.74, 6) is -2.94. The van der Waals surface area contributed by atoms with Crippen LogP contribution in [0.1, 0.15) is 25.5 Å². The second kappa shape index (κ2) is 7.84. The molecule has 0 aliphatic heterocycles. The molecular formula is C15H20F2N2O3. The lowest BCUT2D eigenvalue weighted by atomic mass is 10.0. The first-order valence-electron chi connectivity index (χ1n) is 6.86. The number of ether oxygens (including phenoxy) is 1. The molecule has 1 aromatic carbocycles. The van der Waals surface area contributed by atoms with Crippen LogP contribution in [0.15, 0.2) is 18.2 Å². The summed E-state index contributed by atoms with van der Waals surface area (Å²) in [5, 5.41) is 2.41. The normalized spacial score (nSPS) is 13.6. The molecule has 0 heterocycles. The molecule has 1 N–H and O–H groups in total. The first-order valence-corrected chi connectivity index (χ1v) is 6.86. The number of likely N-dealkylation sites (N-methyl/N-ethyl adjacent to an activating group) is 1. The van der Waals surface area contributed by atoms with Crippen LogP contribution in [-0.4, -0.2) is 43.5 Å². The molecule has 0 bridgehead atoms. The summed E-state index contributed by atoms with van der Waals surface area (Å²) in [5.41, 5.74) is -0.360. The first kappa shape index (κ1) is 18.0. The molecule has 0 saturated carbocycles. The Morgan fingerprint density at radius 2 is 1.82 bits per heavy atom. The van der Waals surface area contributed by atoms with Crippen LogP contribution in [0, 0.1) is 11.6 Å². The van der Waals surface area contributed by atoms with Gasteiger partial charge in [-0.15, -0.1) is 0 Å². The van der Waals surface area contributed by atoms with Crippen LogP contribution >= 0.6 is 0 Å². The Morgan fingerprint density at radius 3 is 2.27 bits per heavy atom. The van der Waals surface area contributed by atoms with Crippen molar-refractivity contribution in [3.8, 4) is 0 Å². The monoisotopic (exact) mass is 314 g/mol. The zero-order chi connectivity index (χ0) is 16.9. The molecule has 1 amide bonds. The largest absolute Gasteiger partial charge is 0.464 e. The average Bonchev–Trinajstić information content (AvgIpc) is 2.42. The Labute approximate surface area is 128 Å². The number of hydrogen-bond acceptors (Lipinski definition) is 4. The van der Waals surface area contributed by atoms with E-state index in [1.807, 2.05) is 0 Å². The summed E-state index contributed by atoms with van der Waals surface area (Å²) in [6, 6.07) is 1.27. The van der Waals surface area contributed by atoms with Crippen LogP contribution in [0.4, 0.5) is 8.78 Å². The van der Waals surface area contributed by atoms with Gasteiger partial charge in [-0.3, -0.25) is 9.69 Å². The molecule has 0 fully saturated rings. The van der Waals surface area contributed by atoms with Gasteiger partial charge in [0.15, 0.2) is 0 Å². The number of hydrogen-bond donors (Lipinski definition) is 1. The Hall–Kier alpha value is -2.02. The molecule has 0 aliphatic carbocycles. The maximum absolute atomic E-state index is 13.9. The number of benzene rings is 1. The fraction of sp³-hybridized carbons (Fsp3) is 0.467. The van der Waals surface area contributed by atoms with Gasteiger partial charge < -0.3 is 10.1 Å². The van der Waals surface area contributed by atoms with E-state index in [2.05, 4.69) is 5.32 Å². The topological polar surface area (TPSA) is 58.6 Å². The minimum absolute atomic E-state index is 0.179. The van der Waals surface area contributed by atoms with Gasteiger partial charge in [-0.25, -0.2) is 13.6 Å². The molecule has 0 unspecified atom stereocenters. The van der Waals surface area contributed by atoms with E-state index in [9.17, 15) is 18.4 Å². The van der Waals surface area contributed by atoms with Crippen LogP contribution in [0.3, 0.4) is 0 Å². The Kier molecular flexibility index (Phi) is 6.42. The molecule has 1 aromatic rings. The minimum Gasteiger partial charge on any atom is -0.464 e. The highest BCUT2D eigenvalue weighted by atomic mass is 19.1. The van der Waals surface area contributed by atoms with Crippen molar-refractivity contribution in [1.82, 2.24) is 10.2 Å². The van der Waals surface area contributed by atoms with Gasteiger partial charge in [0.1, 0.15) is 23.7 Å². The van der Waals surface area contributed by atoms with Crippen molar-refractivity contribution < 1.29 is 23.1 Å². The molecule has 2 atom stereocenters. The van der Waals surface area contributed by atoms with Gasteiger partial charge in [0.2, 0.25) is 5.91 Å². The van der Waals surface area contributed by atoms with Crippen molar-refractivity contribution in [2.24, 2.45) is 0 Å². The van der Waals surface area contributed by atoms with Crippen molar-refractivity contribution in [3.05, 3.63) is 35.4 Å². The van der Waals surface area contributed by atoms with E-state index in [-0.39, 0.29) is 12.2 Å². The van der Waals surface area contributed by atoms with Crippen LogP contribution in [-0.2, 0) is 14.3 Å². The SMILES string of the molecule is CCOC(=O)[C@H](C)NC(=O)[C@H](c1c(F)cccc1F)N(C)C. The highest BCUT2D eigenvalue weighted by molar-refractivity contribution is 5.88. The number of esters is 1. The summed E-state index contributed by atoms with van der Waals surface area (Å²) in [4.78, 5) is 25.2. The number of halogens is 2. The molecule has 22 heavy (non-hydrogen) atoms. The molecule has 7 heteroatoms. The molecule has 5 nitrogen and oxygen atoms in total. The van der Waals surface area contributed by atoms with E-state index in [0.717, 1.165) is 12.1 Å². The number of amides is 1. The summed E-state index contributed by atoms with van der Waals surface area (Å²) in [6.07, 6.45) is 0. The zero-order valence-corrected chi connectivity index (χ0v) is 13.0. The number of carbonyl (C=O) groups excluding carboxylic acids is 2. The maximum Gasteiger partial charge on any atom is 0.328 e. The van der Waals surface area contributed by atoms with Gasteiger partial charge in [0, 0.05) is 0 Å². The third kappa shape index (κ3) is 4.24. The molecule has 0 aromatic heterocycles. The molecule has 0 saturated heterocycles. The smallest absolute Gasteiger partial charge is 0.328 e. The fourth-order valence-electron chi connectivity index (χ4n) is 2.01. The second-order valence-electron chi connectivity index (χ2n) is 4.98. The summed E-state index contributed by atoms with van der Waals surface area (Å²) in [6.45, 7) is 3.27. The van der Waals surface area contributed by atoms with Crippen molar-refractivity contribution in [3.63, 3.8) is 0 Å². The molecular weight excluding hydrogens is 294 g/mol. The lowest BCUT2D eigenvalue weighted by molar-refractivity contribution is -0.147. The van der Waals surface area contributed by atoms with Crippen molar-refractivity contribution in [2.45, 2.75) is 25.9 Å². The van der Waals surface area contributed by atoms with E-state index < -0.39 is 35.6 Å². The van der Waals surface area contributed by atoms with Gasteiger partial charge in [-0.1, -0.05) is 6.07 Å². The number of carbonyl (C=O) groups is 2. The lowest BCUT2D eigenvalue weighted by Crippen LogP contribution is -2.45. The van der Waals surface area contributed by atoms with E-state index in [1.54, 1.807) is 6.92 Å². The van der Waals surface area contributed by atoms with Gasteiger partial charge in [0.05, 0.1) is 12.2 Å². The predicted molar refractivity (Wildman–Crippen MR) is 77.0 cm³/mol. The fourth-order valence-corrected chi connectivity index (χ4v) is 2.01.